The molecule has 0 spiro atoms. The minimum absolute atomic E-state index is 0.121. The molecule has 2 atom stereocenters. The van der Waals surface area contributed by atoms with Crippen LogP contribution in [0.25, 0.3) is 11.4 Å². The van der Waals surface area contributed by atoms with Gasteiger partial charge in [-0.05, 0) is 119 Å². The molecule has 0 radical (unpaired) electrons. The third-order valence-electron chi connectivity index (χ3n) is 13.1. The van der Waals surface area contributed by atoms with Crippen LogP contribution in [-0.2, 0) is 40.7 Å². The number of benzene rings is 3. The number of H-pyrrole nitrogens is 1. The van der Waals surface area contributed by atoms with Crippen LogP contribution in [0.1, 0.15) is 108 Å². The van der Waals surface area contributed by atoms with Gasteiger partial charge in [-0.1, -0.05) is 30.7 Å². The number of hydrogen-bond donors (Lipinski definition) is 6. The number of hydrogen-bond acceptors (Lipinski definition) is 14. The monoisotopic (exact) mass is 984 g/mol. The number of ether oxygens (including phenoxy) is 4. The Balaban J connectivity index is 0.650. The molecule has 5 heterocycles. The molecule has 3 aliphatic rings. The highest BCUT2D eigenvalue weighted by Gasteiger charge is 2.40. The Morgan fingerprint density at radius 1 is 0.833 bits per heavy atom. The molecule has 72 heavy (non-hydrogen) atoms. The van der Waals surface area contributed by atoms with Gasteiger partial charge < -0.3 is 45.1 Å². The third-order valence-corrected chi connectivity index (χ3v) is 13.1. The van der Waals surface area contributed by atoms with Gasteiger partial charge in [-0.25, -0.2) is 4.98 Å². The maximum absolute atomic E-state index is 13.6. The van der Waals surface area contributed by atoms with Crippen LogP contribution in [0.4, 0.5) is 11.4 Å². The van der Waals surface area contributed by atoms with E-state index in [1.807, 2.05) is 67.6 Å². The van der Waals surface area contributed by atoms with Crippen LogP contribution in [0, 0.1) is 0 Å². The van der Waals surface area contributed by atoms with Crippen LogP contribution in [0.15, 0.2) is 91.3 Å². The van der Waals surface area contributed by atoms with Crippen LogP contribution in [0.5, 0.6) is 5.75 Å². The van der Waals surface area contributed by atoms with Gasteiger partial charge in [-0.3, -0.25) is 39.4 Å². The summed E-state index contributed by atoms with van der Waals surface area (Å²) in [4.78, 5) is 73.7. The fourth-order valence-corrected chi connectivity index (χ4v) is 9.10. The van der Waals surface area contributed by atoms with Gasteiger partial charge in [-0.2, -0.15) is 5.10 Å². The first-order chi connectivity index (χ1) is 35.2. The molecule has 2 fully saturated rings. The highest BCUT2D eigenvalue weighted by molar-refractivity contribution is 6.06. The number of aromatic nitrogens is 4. The number of fused-ring (bicyclic) bond motifs is 1. The number of aromatic amines is 1. The van der Waals surface area contributed by atoms with Crippen molar-refractivity contribution < 1.29 is 42.9 Å². The third kappa shape index (κ3) is 13.7. The Morgan fingerprint density at radius 2 is 1.57 bits per heavy atom. The Hall–Kier alpha value is -7.06. The molecule has 3 aromatic carbocycles. The van der Waals surface area contributed by atoms with Gasteiger partial charge in [0.15, 0.2) is 11.6 Å². The number of piperidine rings is 2. The molecule has 19 nitrogen and oxygen atoms in total. The van der Waals surface area contributed by atoms with Crippen molar-refractivity contribution in [2.45, 2.75) is 88.9 Å². The smallest absolute Gasteiger partial charge is 0.255 e. The van der Waals surface area contributed by atoms with E-state index in [2.05, 4.69) is 41.8 Å². The van der Waals surface area contributed by atoms with E-state index in [0.717, 1.165) is 80.0 Å². The van der Waals surface area contributed by atoms with Crippen LogP contribution < -0.4 is 31.3 Å². The second-order valence-electron chi connectivity index (χ2n) is 18.2. The van der Waals surface area contributed by atoms with E-state index in [-0.39, 0.29) is 62.1 Å². The van der Waals surface area contributed by atoms with Crippen molar-refractivity contribution in [1.29, 1.82) is 0 Å². The molecule has 3 aliphatic heterocycles. The molecule has 2 saturated heterocycles. The SMILES string of the molecule is C[C@@H](NC(=O)c1cccc(NC2(c3nc(-c4ccncc4)n[nH]3)CCNCC2)c1)c1cccc(OCCCCCCOCCOCCOCCC(=O)Nc2cccc3c2CN(C2CCC(=O)NC2=O)C3=O)c1. The lowest BCUT2D eigenvalue weighted by molar-refractivity contribution is -0.137. The molecule has 19 heteroatoms. The summed E-state index contributed by atoms with van der Waals surface area (Å²) in [5.41, 5.74) is 4.33. The van der Waals surface area contributed by atoms with Gasteiger partial charge >= 0.3 is 0 Å². The zero-order valence-corrected chi connectivity index (χ0v) is 40.7. The van der Waals surface area contributed by atoms with E-state index in [9.17, 15) is 24.0 Å². The van der Waals surface area contributed by atoms with Crippen molar-refractivity contribution >= 4 is 40.9 Å². The average Bonchev–Trinajstić information content (AvgIpc) is 4.03. The van der Waals surface area contributed by atoms with Crippen LogP contribution >= 0.6 is 0 Å². The summed E-state index contributed by atoms with van der Waals surface area (Å²) in [7, 11) is 0. The van der Waals surface area contributed by atoms with Gasteiger partial charge in [0.05, 0.1) is 57.6 Å². The summed E-state index contributed by atoms with van der Waals surface area (Å²) < 4.78 is 23.0. The summed E-state index contributed by atoms with van der Waals surface area (Å²) in [5, 5.41) is 23.2. The lowest BCUT2D eigenvalue weighted by Gasteiger charge is -2.37. The molecule has 5 aromatic rings. The van der Waals surface area contributed by atoms with Crippen molar-refractivity contribution in [3.8, 4) is 17.1 Å². The first-order valence-electron chi connectivity index (χ1n) is 24.9. The number of imide groups is 1. The van der Waals surface area contributed by atoms with Gasteiger partial charge in [0.25, 0.3) is 11.8 Å². The van der Waals surface area contributed by atoms with Crippen molar-refractivity contribution in [3.05, 3.63) is 119 Å². The molecule has 0 bridgehead atoms. The molecule has 0 saturated carbocycles. The number of anilines is 2. The Kier molecular flexibility index (Phi) is 18.1. The molecule has 0 aliphatic carbocycles. The molecule has 2 aromatic heterocycles. The predicted molar refractivity (Wildman–Crippen MR) is 268 cm³/mol. The molecule has 380 valence electrons. The van der Waals surface area contributed by atoms with Crippen LogP contribution in [-0.4, -0.2) is 120 Å². The second kappa shape index (κ2) is 25.4. The maximum atomic E-state index is 13.6. The minimum Gasteiger partial charge on any atom is -0.494 e. The number of nitrogens with one attached hydrogen (secondary N) is 6. The average molecular weight is 985 g/mol. The van der Waals surface area contributed by atoms with Gasteiger partial charge in [0.2, 0.25) is 17.7 Å². The number of carbonyl (C=O) groups excluding carboxylic acids is 5. The van der Waals surface area contributed by atoms with Gasteiger partial charge in [-0.15, -0.1) is 0 Å². The fraction of sp³-hybridized carbons (Fsp3) is 0.434. The molecule has 1 unspecified atom stereocenters. The number of carbonyl (C=O) groups is 5. The molecular weight excluding hydrogens is 921 g/mol. The Morgan fingerprint density at radius 3 is 2.36 bits per heavy atom. The van der Waals surface area contributed by atoms with E-state index < -0.39 is 17.5 Å². The normalized spacial score (nSPS) is 16.7. The van der Waals surface area contributed by atoms with E-state index in [0.29, 0.717) is 67.8 Å². The Labute approximate surface area is 418 Å². The zero-order valence-electron chi connectivity index (χ0n) is 40.7. The van der Waals surface area contributed by atoms with E-state index >= 15 is 0 Å². The summed E-state index contributed by atoms with van der Waals surface area (Å²) in [6, 6.07) is 23.3. The maximum Gasteiger partial charge on any atom is 0.255 e. The molecular formula is C53H64N10O9. The molecule has 8 rings (SSSR count). The van der Waals surface area contributed by atoms with Crippen LogP contribution in [0.3, 0.4) is 0 Å². The highest BCUT2D eigenvalue weighted by Crippen LogP contribution is 2.35. The van der Waals surface area contributed by atoms with Crippen molar-refractivity contribution in [1.82, 2.24) is 41.0 Å². The first kappa shape index (κ1) is 51.3. The van der Waals surface area contributed by atoms with Crippen molar-refractivity contribution in [2.24, 2.45) is 0 Å². The number of rotatable bonds is 26. The Bertz CT molecular complexity index is 2640. The minimum atomic E-state index is -0.725. The highest BCUT2D eigenvalue weighted by atomic mass is 16.5. The van der Waals surface area contributed by atoms with E-state index in [1.165, 1.54) is 4.90 Å². The quantitative estimate of drug-likeness (QED) is 0.0283. The largest absolute Gasteiger partial charge is 0.494 e. The summed E-state index contributed by atoms with van der Waals surface area (Å²) in [5.74, 6) is 0.586. The van der Waals surface area contributed by atoms with Crippen LogP contribution in [0.2, 0.25) is 0 Å². The molecule has 6 N–H and O–H groups in total. The summed E-state index contributed by atoms with van der Waals surface area (Å²) in [6.45, 7) is 6.84. The van der Waals surface area contributed by atoms with E-state index in [1.54, 1.807) is 30.6 Å². The number of unbranched alkanes of at least 4 members (excludes halogenated alkanes) is 3. The number of nitrogens with zero attached hydrogens (tertiary/aromatic N) is 4. The predicted octanol–water partition coefficient (Wildman–Crippen LogP) is 5.83. The lowest BCUT2D eigenvalue weighted by atomic mass is 9.87. The molecule has 5 amide bonds. The number of amides is 5. The first-order valence-corrected chi connectivity index (χ1v) is 24.9. The summed E-state index contributed by atoms with van der Waals surface area (Å²) >= 11 is 0. The standard InChI is InChI=1S/C53H64N10O9/c1-36(56-49(66)39-10-6-11-40(33-39)60-53(20-24-55-25-21-53)52-59-48(61-62-52)37-17-22-54-23-18-37)38-9-7-12-41(34-38)72-27-5-3-2-4-26-69-29-31-71-32-30-70-28-19-47(65)57-44-14-8-13-42-43(44)35-63(51(42)68)45-15-16-46(64)58-50(45)67/h6-14,17-18,22-23,33-34,36,45,55,60H,2-5,15-16,19-21,24-32,35H2,1H3,(H,56,66)(H,57,65)(H,58,64,67)(H,59,61,62)/t36-,45?/m1/s1. The zero-order chi connectivity index (χ0) is 50.1. The lowest BCUT2D eigenvalue weighted by Crippen LogP contribution is -2.52. The number of pyridine rings is 1. The second-order valence-corrected chi connectivity index (χ2v) is 18.2. The topological polar surface area (TPSA) is 240 Å². The van der Waals surface area contributed by atoms with Gasteiger partial charge in [0, 0.05) is 65.6 Å². The van der Waals surface area contributed by atoms with Crippen molar-refractivity contribution in [3.63, 3.8) is 0 Å². The van der Waals surface area contributed by atoms with Crippen molar-refractivity contribution in [2.75, 3.05) is 70.0 Å². The fourth-order valence-electron chi connectivity index (χ4n) is 9.10. The summed E-state index contributed by atoms with van der Waals surface area (Å²) in [6.07, 6.45) is 9.46. The van der Waals surface area contributed by atoms with Gasteiger partial charge in [0.1, 0.15) is 11.8 Å². The van der Waals surface area contributed by atoms with E-state index in [4.69, 9.17) is 23.9 Å².